The van der Waals surface area contributed by atoms with Crippen LogP contribution in [0.5, 0.6) is 0 Å². The summed E-state index contributed by atoms with van der Waals surface area (Å²) < 4.78 is 0.991. The first-order valence-corrected chi connectivity index (χ1v) is 7.27. The van der Waals surface area contributed by atoms with Crippen LogP contribution in [0.4, 0.5) is 5.69 Å². The quantitative estimate of drug-likeness (QED) is 0.698. The lowest BCUT2D eigenvalue weighted by molar-refractivity contribution is -0.131. The molecule has 0 spiro atoms. The minimum Gasteiger partial charge on any atom is -0.372 e. The molecule has 1 aliphatic heterocycles. The van der Waals surface area contributed by atoms with Gasteiger partial charge in [-0.1, -0.05) is 54.6 Å². The van der Waals surface area contributed by atoms with E-state index in [2.05, 4.69) is 0 Å². The van der Waals surface area contributed by atoms with Crippen LogP contribution in [0, 0.1) is 0 Å². The molecule has 0 aliphatic carbocycles. The molecule has 3 nitrogen and oxygen atoms in total. The molecule has 108 valence electrons. The zero-order valence-electron chi connectivity index (χ0n) is 11.5. The molecule has 0 radical (unpaired) electrons. The third-order valence-electron chi connectivity index (χ3n) is 4.16. The van der Waals surface area contributed by atoms with Gasteiger partial charge < -0.3 is 5.11 Å². The molecule has 1 amide bonds. The lowest BCUT2D eigenvalue weighted by Gasteiger charge is -2.22. The molecule has 0 aromatic heterocycles. The van der Waals surface area contributed by atoms with Crippen LogP contribution in [-0.4, -0.2) is 11.0 Å². The lowest BCUT2D eigenvalue weighted by atomic mass is 9.86. The van der Waals surface area contributed by atoms with Gasteiger partial charge in [-0.3, -0.25) is 4.79 Å². The van der Waals surface area contributed by atoms with Crippen molar-refractivity contribution in [2.24, 2.45) is 0 Å². The Labute approximate surface area is 132 Å². The number of aliphatic hydroxyl groups is 1. The number of carbonyl (C=O) groups excluding carboxylic acids is 1. The monoisotopic (exact) mass is 309 g/mol. The van der Waals surface area contributed by atoms with Crippen molar-refractivity contribution < 1.29 is 9.90 Å². The van der Waals surface area contributed by atoms with Crippen molar-refractivity contribution in [2.45, 2.75) is 5.60 Å². The predicted octanol–water partition coefficient (Wildman–Crippen LogP) is 3.58. The summed E-state index contributed by atoms with van der Waals surface area (Å²) >= 11 is 6.07. The van der Waals surface area contributed by atoms with E-state index in [1.165, 1.54) is 0 Å². The first-order chi connectivity index (χ1) is 10.6. The topological polar surface area (TPSA) is 40.5 Å². The third-order valence-corrected chi connectivity index (χ3v) is 4.50. The van der Waals surface area contributed by atoms with Crippen LogP contribution >= 0.6 is 11.8 Å². The van der Waals surface area contributed by atoms with Gasteiger partial charge >= 0.3 is 0 Å². The molecule has 0 saturated heterocycles. The standard InChI is InChI=1S/C18H12ClNO2/c19-20-16-8-4-3-7-15(16)18(22,17(20)21)14-10-9-12-5-1-2-6-13(12)11-14/h1-11,22H. The number of halogens is 1. The van der Waals surface area contributed by atoms with E-state index in [-0.39, 0.29) is 0 Å². The Bertz CT molecular complexity index is 908. The Morgan fingerprint density at radius 1 is 0.909 bits per heavy atom. The van der Waals surface area contributed by atoms with Gasteiger partial charge in [0, 0.05) is 17.3 Å². The Morgan fingerprint density at radius 3 is 2.41 bits per heavy atom. The molecule has 1 atom stereocenters. The number of nitrogens with zero attached hydrogens (tertiary/aromatic N) is 1. The maximum atomic E-state index is 12.6. The van der Waals surface area contributed by atoms with E-state index >= 15 is 0 Å². The maximum absolute atomic E-state index is 12.6. The second kappa shape index (κ2) is 4.57. The highest BCUT2D eigenvalue weighted by molar-refractivity contribution is 6.40. The highest BCUT2D eigenvalue weighted by atomic mass is 35.5. The van der Waals surface area contributed by atoms with Gasteiger partial charge in [-0.25, -0.2) is 4.42 Å². The van der Waals surface area contributed by atoms with E-state index in [0.29, 0.717) is 16.8 Å². The zero-order valence-corrected chi connectivity index (χ0v) is 12.3. The van der Waals surface area contributed by atoms with E-state index in [1.54, 1.807) is 30.3 Å². The number of amides is 1. The zero-order chi connectivity index (χ0) is 15.3. The first-order valence-electron chi connectivity index (χ1n) is 6.94. The summed E-state index contributed by atoms with van der Waals surface area (Å²) in [6.07, 6.45) is 0. The number of hydrogen-bond acceptors (Lipinski definition) is 2. The number of benzene rings is 3. The largest absolute Gasteiger partial charge is 0.372 e. The normalized spacial score (nSPS) is 20.5. The number of para-hydroxylation sites is 1. The van der Waals surface area contributed by atoms with Gasteiger partial charge in [-0.2, -0.15) is 0 Å². The molecular formula is C18H12ClNO2. The van der Waals surface area contributed by atoms with Gasteiger partial charge in [0.15, 0.2) is 5.60 Å². The molecule has 0 fully saturated rings. The van der Waals surface area contributed by atoms with Crippen molar-refractivity contribution in [3.63, 3.8) is 0 Å². The van der Waals surface area contributed by atoms with Crippen molar-refractivity contribution in [3.8, 4) is 0 Å². The smallest absolute Gasteiger partial charge is 0.283 e. The Balaban J connectivity index is 1.98. The average Bonchev–Trinajstić information content (AvgIpc) is 2.77. The van der Waals surface area contributed by atoms with Crippen LogP contribution in [0.15, 0.2) is 66.7 Å². The van der Waals surface area contributed by atoms with Gasteiger partial charge in [0.2, 0.25) is 0 Å². The van der Waals surface area contributed by atoms with Crippen molar-refractivity contribution in [3.05, 3.63) is 77.9 Å². The number of rotatable bonds is 1. The predicted molar refractivity (Wildman–Crippen MR) is 86.7 cm³/mol. The summed E-state index contributed by atoms with van der Waals surface area (Å²) in [4.78, 5) is 12.6. The first kappa shape index (κ1) is 13.3. The Hall–Kier alpha value is -2.36. The van der Waals surface area contributed by atoms with Gasteiger partial charge in [0.05, 0.1) is 5.69 Å². The van der Waals surface area contributed by atoms with E-state index in [9.17, 15) is 9.90 Å². The highest BCUT2D eigenvalue weighted by Gasteiger charge is 2.50. The van der Waals surface area contributed by atoms with Crippen LogP contribution < -0.4 is 4.42 Å². The van der Waals surface area contributed by atoms with Crippen LogP contribution in [0.25, 0.3) is 10.8 Å². The average molecular weight is 310 g/mol. The van der Waals surface area contributed by atoms with E-state index < -0.39 is 11.5 Å². The minimum absolute atomic E-state index is 0.505. The fraction of sp³-hybridized carbons (Fsp3) is 0.0556. The van der Waals surface area contributed by atoms with Crippen molar-refractivity contribution in [2.75, 3.05) is 4.42 Å². The molecule has 0 bridgehead atoms. The van der Waals surface area contributed by atoms with Crippen LogP contribution in [-0.2, 0) is 10.4 Å². The molecule has 1 aliphatic rings. The minimum atomic E-state index is -1.75. The summed E-state index contributed by atoms with van der Waals surface area (Å²) in [5.41, 5.74) is -0.204. The van der Waals surface area contributed by atoms with Gasteiger partial charge in [-0.05, 0) is 28.5 Å². The molecule has 1 heterocycles. The highest BCUT2D eigenvalue weighted by Crippen LogP contribution is 2.45. The molecule has 4 heteroatoms. The number of carbonyl (C=O) groups is 1. The van der Waals surface area contributed by atoms with Gasteiger partial charge in [-0.15, -0.1) is 0 Å². The summed E-state index contributed by atoms with van der Waals surface area (Å²) in [5.74, 6) is -0.550. The summed E-state index contributed by atoms with van der Waals surface area (Å²) in [5, 5.41) is 13.2. The third kappa shape index (κ3) is 1.64. The fourth-order valence-corrected chi connectivity index (χ4v) is 3.28. The number of fused-ring (bicyclic) bond motifs is 2. The SMILES string of the molecule is O=C1N(Cl)c2ccccc2C1(O)c1ccc2ccccc2c1. The number of hydrogen-bond donors (Lipinski definition) is 1. The van der Waals surface area contributed by atoms with E-state index in [4.69, 9.17) is 11.8 Å². The van der Waals surface area contributed by atoms with E-state index in [0.717, 1.165) is 15.2 Å². The molecule has 4 rings (SSSR count). The second-order valence-corrected chi connectivity index (χ2v) is 5.71. The molecule has 1 N–H and O–H groups in total. The molecule has 3 aromatic rings. The van der Waals surface area contributed by atoms with Crippen molar-refractivity contribution >= 4 is 34.1 Å². The summed E-state index contributed by atoms with van der Waals surface area (Å²) in [6.45, 7) is 0. The van der Waals surface area contributed by atoms with Crippen LogP contribution in [0.1, 0.15) is 11.1 Å². The maximum Gasteiger partial charge on any atom is 0.283 e. The second-order valence-electron chi connectivity index (χ2n) is 5.38. The van der Waals surface area contributed by atoms with Crippen molar-refractivity contribution in [1.82, 2.24) is 0 Å². The lowest BCUT2D eigenvalue weighted by Crippen LogP contribution is -2.37. The Morgan fingerprint density at radius 2 is 1.59 bits per heavy atom. The summed E-state index contributed by atoms with van der Waals surface area (Å²) in [7, 11) is 0. The van der Waals surface area contributed by atoms with Gasteiger partial charge in [0.25, 0.3) is 5.91 Å². The Kier molecular flexibility index (Phi) is 2.76. The van der Waals surface area contributed by atoms with Crippen LogP contribution in [0.3, 0.4) is 0 Å². The van der Waals surface area contributed by atoms with Crippen LogP contribution in [0.2, 0.25) is 0 Å². The van der Waals surface area contributed by atoms with Crippen molar-refractivity contribution in [1.29, 1.82) is 0 Å². The molecule has 0 saturated carbocycles. The molecular weight excluding hydrogens is 298 g/mol. The number of anilines is 1. The fourth-order valence-electron chi connectivity index (χ4n) is 3.01. The molecule has 22 heavy (non-hydrogen) atoms. The summed E-state index contributed by atoms with van der Waals surface area (Å²) in [6, 6.07) is 20.3. The van der Waals surface area contributed by atoms with E-state index in [1.807, 2.05) is 36.4 Å². The van der Waals surface area contributed by atoms with Gasteiger partial charge in [0.1, 0.15) is 0 Å². The molecule has 1 unspecified atom stereocenters. The molecule has 3 aromatic carbocycles.